The molecule has 0 radical (unpaired) electrons. The van der Waals surface area contributed by atoms with Gasteiger partial charge in [-0.05, 0) is 75.2 Å². The third-order valence-corrected chi connectivity index (χ3v) is 7.21. The zero-order valence-corrected chi connectivity index (χ0v) is 18.1. The summed E-state index contributed by atoms with van der Waals surface area (Å²) in [4.78, 5) is 12.7. The van der Waals surface area contributed by atoms with Crippen molar-refractivity contribution in [1.82, 2.24) is 4.31 Å². The Morgan fingerprint density at radius 3 is 2.34 bits per heavy atom. The first kappa shape index (κ1) is 21.1. The summed E-state index contributed by atoms with van der Waals surface area (Å²) in [6.07, 6.45) is 1.78. The zero-order chi connectivity index (χ0) is 21.3. The van der Waals surface area contributed by atoms with Gasteiger partial charge in [0.2, 0.25) is 15.9 Å². The predicted octanol–water partition coefficient (Wildman–Crippen LogP) is 4.26. The van der Waals surface area contributed by atoms with Gasteiger partial charge in [-0.3, -0.25) is 4.79 Å². The Morgan fingerprint density at radius 2 is 1.72 bits per heavy atom. The number of amides is 1. The van der Waals surface area contributed by atoms with E-state index in [4.69, 9.17) is 4.42 Å². The minimum Gasteiger partial charge on any atom is -0.464 e. The highest BCUT2D eigenvalue weighted by molar-refractivity contribution is 7.89. The molecule has 0 spiro atoms. The van der Waals surface area contributed by atoms with Crippen molar-refractivity contribution in [2.75, 3.05) is 12.4 Å². The summed E-state index contributed by atoms with van der Waals surface area (Å²) in [5.74, 6) is -0.194. The number of nitrogens with zero attached hydrogens (tertiary/aromatic N) is 1. The number of sulfonamides is 1. The molecule has 6 nitrogen and oxygen atoms in total. The molecule has 29 heavy (non-hydrogen) atoms. The molecule has 0 aliphatic carbocycles. The highest BCUT2D eigenvalue weighted by atomic mass is 32.2. The molecule has 2 aromatic carbocycles. The summed E-state index contributed by atoms with van der Waals surface area (Å²) in [7, 11) is -2.00. The van der Waals surface area contributed by atoms with E-state index >= 15 is 0 Å². The molecule has 1 N–H and O–H groups in total. The quantitative estimate of drug-likeness (QED) is 0.654. The molecule has 1 aromatic heterocycles. The van der Waals surface area contributed by atoms with Crippen molar-refractivity contribution in [2.24, 2.45) is 0 Å². The molecule has 3 aromatic rings. The molecule has 1 heterocycles. The van der Waals surface area contributed by atoms with Crippen LogP contribution in [0.5, 0.6) is 0 Å². The first-order chi connectivity index (χ1) is 13.6. The fourth-order valence-corrected chi connectivity index (χ4v) is 4.37. The standard InChI is InChI=1S/C22H26N2O4S/c1-14(2)24(5)29(26,27)19-8-6-18(7-9-19)23-22(25)12-17-13-28-21-11-16(4)15(3)10-20(17)21/h6-11,13-14H,12H2,1-5H3,(H,23,25). The van der Waals surface area contributed by atoms with E-state index in [1.807, 2.05) is 39.8 Å². The SMILES string of the molecule is Cc1cc2occ(CC(=O)Nc3ccc(S(=O)(=O)N(C)C(C)C)cc3)c2cc1C. The van der Waals surface area contributed by atoms with Crippen LogP contribution in [0.4, 0.5) is 5.69 Å². The van der Waals surface area contributed by atoms with E-state index < -0.39 is 10.0 Å². The smallest absolute Gasteiger partial charge is 0.243 e. The molecule has 7 heteroatoms. The Morgan fingerprint density at radius 1 is 1.10 bits per heavy atom. The molecule has 0 aliphatic rings. The molecule has 1 amide bonds. The molecule has 0 atom stereocenters. The summed E-state index contributed by atoms with van der Waals surface area (Å²) in [6.45, 7) is 7.67. The number of anilines is 1. The molecule has 0 aliphatic heterocycles. The summed E-state index contributed by atoms with van der Waals surface area (Å²) < 4.78 is 31.9. The van der Waals surface area contributed by atoms with Gasteiger partial charge in [0.05, 0.1) is 17.6 Å². The lowest BCUT2D eigenvalue weighted by Crippen LogP contribution is -2.33. The molecule has 0 saturated carbocycles. The van der Waals surface area contributed by atoms with Crippen molar-refractivity contribution >= 4 is 32.6 Å². The van der Waals surface area contributed by atoms with Crippen LogP contribution in [0.25, 0.3) is 11.0 Å². The van der Waals surface area contributed by atoms with Crippen LogP contribution in [0.1, 0.15) is 30.5 Å². The normalized spacial score (nSPS) is 12.1. The number of nitrogens with one attached hydrogen (secondary N) is 1. The summed E-state index contributed by atoms with van der Waals surface area (Å²) in [5.41, 5.74) is 4.41. The number of carbonyl (C=O) groups is 1. The van der Waals surface area contributed by atoms with Gasteiger partial charge in [-0.1, -0.05) is 0 Å². The summed E-state index contributed by atoms with van der Waals surface area (Å²) >= 11 is 0. The van der Waals surface area contributed by atoms with E-state index in [1.54, 1.807) is 25.4 Å². The number of aryl methyl sites for hydroxylation is 2. The minimum absolute atomic E-state index is 0.142. The molecule has 0 bridgehead atoms. The number of fused-ring (bicyclic) bond motifs is 1. The topological polar surface area (TPSA) is 79.6 Å². The van der Waals surface area contributed by atoms with Crippen LogP contribution < -0.4 is 5.32 Å². The van der Waals surface area contributed by atoms with Crippen LogP contribution in [0, 0.1) is 13.8 Å². The number of carbonyl (C=O) groups excluding carboxylic acids is 1. The number of benzene rings is 2. The van der Waals surface area contributed by atoms with E-state index in [1.165, 1.54) is 16.4 Å². The molecule has 0 unspecified atom stereocenters. The Bertz CT molecular complexity index is 1150. The fourth-order valence-electron chi connectivity index (χ4n) is 3.01. The second-order valence-electron chi connectivity index (χ2n) is 7.56. The van der Waals surface area contributed by atoms with E-state index in [9.17, 15) is 13.2 Å². The second-order valence-corrected chi connectivity index (χ2v) is 9.56. The van der Waals surface area contributed by atoms with Gasteiger partial charge in [0.1, 0.15) is 5.58 Å². The van der Waals surface area contributed by atoms with Crippen molar-refractivity contribution in [1.29, 1.82) is 0 Å². The number of hydrogen-bond acceptors (Lipinski definition) is 4. The van der Waals surface area contributed by atoms with Gasteiger partial charge in [0.25, 0.3) is 0 Å². The highest BCUT2D eigenvalue weighted by Crippen LogP contribution is 2.25. The van der Waals surface area contributed by atoms with Crippen molar-refractivity contribution in [3.63, 3.8) is 0 Å². The first-order valence-electron chi connectivity index (χ1n) is 9.45. The molecular formula is C22H26N2O4S. The Labute approximate surface area is 171 Å². The number of furan rings is 1. The average Bonchev–Trinajstić information content (AvgIpc) is 3.03. The molecule has 3 rings (SSSR count). The molecule has 154 valence electrons. The maximum Gasteiger partial charge on any atom is 0.243 e. The molecule has 0 fully saturated rings. The van der Waals surface area contributed by atoms with Crippen LogP contribution in [0.15, 0.2) is 52.0 Å². The van der Waals surface area contributed by atoms with Crippen molar-refractivity contribution in [3.8, 4) is 0 Å². The molecular weight excluding hydrogens is 388 g/mol. The van der Waals surface area contributed by atoms with Gasteiger partial charge >= 0.3 is 0 Å². The van der Waals surface area contributed by atoms with Crippen molar-refractivity contribution in [3.05, 3.63) is 59.4 Å². The van der Waals surface area contributed by atoms with E-state index in [2.05, 4.69) is 5.32 Å². The third kappa shape index (κ3) is 4.36. The van der Waals surface area contributed by atoms with Gasteiger partial charge in [-0.2, -0.15) is 4.31 Å². The first-order valence-corrected chi connectivity index (χ1v) is 10.9. The maximum atomic E-state index is 12.5. The minimum atomic E-state index is -3.55. The predicted molar refractivity (Wildman–Crippen MR) is 115 cm³/mol. The largest absolute Gasteiger partial charge is 0.464 e. The van der Waals surface area contributed by atoms with Gasteiger partial charge in [0, 0.05) is 29.7 Å². The van der Waals surface area contributed by atoms with Crippen LogP contribution in [0.2, 0.25) is 0 Å². The maximum absolute atomic E-state index is 12.5. The van der Waals surface area contributed by atoms with Crippen molar-refractivity contribution < 1.29 is 17.6 Å². The summed E-state index contributed by atoms with van der Waals surface area (Å²) in [6, 6.07) is 10.1. The lowest BCUT2D eigenvalue weighted by atomic mass is 10.0. The fraction of sp³-hybridized carbons (Fsp3) is 0.318. The van der Waals surface area contributed by atoms with E-state index in [-0.39, 0.29) is 23.3 Å². The zero-order valence-electron chi connectivity index (χ0n) is 17.3. The lowest BCUT2D eigenvalue weighted by molar-refractivity contribution is -0.115. The van der Waals surface area contributed by atoms with Crippen LogP contribution >= 0.6 is 0 Å². The van der Waals surface area contributed by atoms with Gasteiger partial charge in [0.15, 0.2) is 0 Å². The Kier molecular flexibility index (Phi) is 5.82. The highest BCUT2D eigenvalue weighted by Gasteiger charge is 2.23. The van der Waals surface area contributed by atoms with Gasteiger partial charge < -0.3 is 9.73 Å². The van der Waals surface area contributed by atoms with E-state index in [0.29, 0.717) is 5.69 Å². The Balaban J connectivity index is 1.73. The van der Waals surface area contributed by atoms with Gasteiger partial charge in [-0.25, -0.2) is 8.42 Å². The monoisotopic (exact) mass is 414 g/mol. The summed E-state index contributed by atoms with van der Waals surface area (Å²) in [5, 5.41) is 3.74. The Hall–Kier alpha value is -2.64. The number of rotatable bonds is 6. The van der Waals surface area contributed by atoms with Crippen LogP contribution in [0.3, 0.4) is 0 Å². The lowest BCUT2D eigenvalue weighted by Gasteiger charge is -2.21. The average molecular weight is 415 g/mol. The number of hydrogen-bond donors (Lipinski definition) is 1. The van der Waals surface area contributed by atoms with Crippen LogP contribution in [-0.2, 0) is 21.2 Å². The molecule has 0 saturated heterocycles. The van der Waals surface area contributed by atoms with Crippen molar-refractivity contribution in [2.45, 2.75) is 45.1 Å². The van der Waals surface area contributed by atoms with Gasteiger partial charge in [-0.15, -0.1) is 0 Å². The third-order valence-electron chi connectivity index (χ3n) is 5.16. The van der Waals surface area contributed by atoms with E-state index in [0.717, 1.165) is 27.7 Å². The second kappa shape index (κ2) is 8.00. The van der Waals surface area contributed by atoms with Crippen LogP contribution in [-0.4, -0.2) is 31.7 Å².